The van der Waals surface area contributed by atoms with Crippen LogP contribution >= 0.6 is 0 Å². The minimum atomic E-state index is -0.655. The number of nitrogens with zero attached hydrogens (tertiary/aromatic N) is 2. The van der Waals surface area contributed by atoms with Gasteiger partial charge in [0.1, 0.15) is 0 Å². The van der Waals surface area contributed by atoms with Crippen molar-refractivity contribution in [3.63, 3.8) is 0 Å². The Morgan fingerprint density at radius 3 is 1.29 bits per heavy atom. The van der Waals surface area contributed by atoms with Crippen molar-refractivity contribution in [3.05, 3.63) is 70.8 Å². The van der Waals surface area contributed by atoms with E-state index in [2.05, 4.69) is 53.2 Å². The lowest BCUT2D eigenvalue weighted by Gasteiger charge is -2.41. The number of methoxy groups -OCH3 is 1. The molecule has 0 saturated heterocycles. The van der Waals surface area contributed by atoms with Gasteiger partial charge >= 0.3 is 0 Å². The summed E-state index contributed by atoms with van der Waals surface area (Å²) in [5.74, 6) is -0.0685. The first-order chi connectivity index (χ1) is 27.2. The quantitative estimate of drug-likeness (QED) is 0.0732. The number of hydrogen-bond acceptors (Lipinski definition) is 7. The number of benzene rings is 5. The molecular formula is C49H64N2O7. The largest absolute Gasteiger partial charge is 0.394 e. The summed E-state index contributed by atoms with van der Waals surface area (Å²) in [7, 11) is 1.55. The van der Waals surface area contributed by atoms with Gasteiger partial charge in [-0.2, -0.15) is 0 Å². The average Bonchev–Trinajstić information content (AvgIpc) is 3.14. The lowest BCUT2D eigenvalue weighted by molar-refractivity contribution is 0.0393. The maximum Gasteiger partial charge on any atom is 0.261 e. The van der Waals surface area contributed by atoms with Crippen molar-refractivity contribution in [1.82, 2.24) is 9.80 Å². The zero-order valence-corrected chi connectivity index (χ0v) is 36.7. The summed E-state index contributed by atoms with van der Waals surface area (Å²) in [6.45, 7) is 23.3. The van der Waals surface area contributed by atoms with Gasteiger partial charge in [0.2, 0.25) is 0 Å². The molecule has 7 rings (SSSR count). The van der Waals surface area contributed by atoms with E-state index in [4.69, 9.17) is 10.2 Å². The van der Waals surface area contributed by atoms with Crippen LogP contribution in [0.3, 0.4) is 0 Å². The molecule has 0 fully saturated rings. The third-order valence-corrected chi connectivity index (χ3v) is 12.0. The minimum absolute atomic E-state index is 0.117. The van der Waals surface area contributed by atoms with Crippen LogP contribution in [0.5, 0.6) is 0 Å². The van der Waals surface area contributed by atoms with Crippen LogP contribution in [0.2, 0.25) is 0 Å². The third kappa shape index (κ3) is 8.36. The number of aliphatic hydroxyl groups is 2. The van der Waals surface area contributed by atoms with Crippen molar-refractivity contribution in [1.29, 1.82) is 0 Å². The molecule has 9 heteroatoms. The van der Waals surface area contributed by atoms with Crippen molar-refractivity contribution in [2.24, 2.45) is 17.3 Å². The summed E-state index contributed by atoms with van der Waals surface area (Å²) in [6.07, 6.45) is 4.16. The molecule has 312 valence electrons. The Morgan fingerprint density at radius 1 is 0.603 bits per heavy atom. The molecule has 2 atom stereocenters. The molecule has 5 aromatic carbocycles. The monoisotopic (exact) mass is 792 g/mol. The number of ether oxygens (including phenoxy) is 1. The van der Waals surface area contributed by atoms with Gasteiger partial charge in [0.05, 0.1) is 19.3 Å². The van der Waals surface area contributed by atoms with Gasteiger partial charge in [-0.15, -0.1) is 0 Å². The van der Waals surface area contributed by atoms with Gasteiger partial charge in [-0.1, -0.05) is 79.2 Å². The number of amides is 4. The van der Waals surface area contributed by atoms with Crippen LogP contribution in [0.15, 0.2) is 48.5 Å². The molecule has 58 heavy (non-hydrogen) atoms. The smallest absolute Gasteiger partial charge is 0.261 e. The zero-order valence-electron chi connectivity index (χ0n) is 36.7. The van der Waals surface area contributed by atoms with Gasteiger partial charge in [-0.3, -0.25) is 29.0 Å². The number of imide groups is 2. The summed E-state index contributed by atoms with van der Waals surface area (Å²) in [6, 6.07) is 15.0. The van der Waals surface area contributed by atoms with Crippen LogP contribution in [0.25, 0.3) is 43.1 Å². The van der Waals surface area contributed by atoms with E-state index in [1.54, 1.807) is 7.11 Å². The van der Waals surface area contributed by atoms with Crippen molar-refractivity contribution < 1.29 is 34.1 Å². The third-order valence-electron chi connectivity index (χ3n) is 12.0. The maximum absolute atomic E-state index is 14.2. The highest BCUT2D eigenvalue weighted by Crippen LogP contribution is 2.47. The van der Waals surface area contributed by atoms with E-state index in [0.717, 1.165) is 58.0 Å². The van der Waals surface area contributed by atoms with E-state index < -0.39 is 5.54 Å². The summed E-state index contributed by atoms with van der Waals surface area (Å²) >= 11 is 0. The molecule has 0 spiro atoms. The first kappa shape index (κ1) is 44.7. The van der Waals surface area contributed by atoms with E-state index >= 15 is 0 Å². The fraction of sp³-hybridized carbons (Fsp3) is 0.510. The van der Waals surface area contributed by atoms with Gasteiger partial charge in [0.25, 0.3) is 23.6 Å². The Labute approximate surface area is 344 Å². The second-order valence-electron chi connectivity index (χ2n) is 18.6. The Balaban J connectivity index is 0.000000468. The van der Waals surface area contributed by atoms with Crippen LogP contribution < -0.4 is 0 Å². The fourth-order valence-electron chi connectivity index (χ4n) is 8.73. The Morgan fingerprint density at radius 2 is 1.00 bits per heavy atom. The molecule has 2 aliphatic rings. The predicted molar refractivity (Wildman–Crippen MR) is 235 cm³/mol. The van der Waals surface area contributed by atoms with Crippen molar-refractivity contribution >= 4 is 66.7 Å². The Kier molecular flexibility index (Phi) is 13.4. The highest BCUT2D eigenvalue weighted by Gasteiger charge is 2.43. The maximum atomic E-state index is 14.2. The summed E-state index contributed by atoms with van der Waals surface area (Å²) in [4.78, 5) is 59.0. The average molecular weight is 793 g/mol. The van der Waals surface area contributed by atoms with E-state index in [1.165, 1.54) is 9.80 Å². The summed E-state index contributed by atoms with van der Waals surface area (Å²) in [5.41, 5.74) is 1.60. The van der Waals surface area contributed by atoms with Gasteiger partial charge in [-0.05, 0) is 127 Å². The number of fused-ring (bicyclic) bond motifs is 2. The predicted octanol–water partition coefficient (Wildman–Crippen LogP) is 10.4. The van der Waals surface area contributed by atoms with Crippen molar-refractivity contribution in [2.45, 2.75) is 126 Å². The molecule has 2 N–H and O–H groups in total. The van der Waals surface area contributed by atoms with E-state index in [-0.39, 0.29) is 47.8 Å². The summed E-state index contributed by atoms with van der Waals surface area (Å²) < 4.78 is 4.44. The van der Waals surface area contributed by atoms with E-state index in [9.17, 15) is 19.2 Å². The molecule has 0 radical (unpaired) electrons. The first-order valence-electron chi connectivity index (χ1n) is 21.0. The van der Waals surface area contributed by atoms with Crippen molar-refractivity contribution in [3.8, 4) is 0 Å². The number of carbonyl (C=O) groups excluding carboxylic acids is 4. The van der Waals surface area contributed by atoms with Gasteiger partial charge in [0, 0.05) is 51.7 Å². The number of hydrogen-bond donors (Lipinski definition) is 2. The standard InChI is InChI=1S/C40H42N2O4.C6H14O.C3H8O2/c1-9-39(5,6)18-19-40(7,8)42-37(45)29-16-12-25-23-10-14-27-33-28(36(44)41(35(27)43)22(4)20-21(2)3)15-11-24(31(23)33)26-13-17-30(38(42)46)34(29)32(25)26;1-5(2)4-6(3)7;1-5-3-2-4/h10-17,21-22H,9,18-20H2,1-8H3;5-7H,4H2,1-3H3;4H,2-3H2,1H3. The molecule has 2 heterocycles. The molecule has 2 unspecified atom stereocenters. The van der Waals surface area contributed by atoms with E-state index in [0.29, 0.717) is 57.9 Å². The lowest BCUT2D eigenvalue weighted by Crippen LogP contribution is -2.53. The van der Waals surface area contributed by atoms with Gasteiger partial charge in [-0.25, -0.2) is 0 Å². The first-order valence-corrected chi connectivity index (χ1v) is 21.0. The van der Waals surface area contributed by atoms with Crippen LogP contribution in [-0.4, -0.2) is 81.6 Å². The number of aliphatic hydroxyl groups excluding tert-OH is 2. The Hall–Kier alpha value is -4.44. The van der Waals surface area contributed by atoms with Crippen LogP contribution in [0, 0.1) is 17.3 Å². The van der Waals surface area contributed by atoms with Crippen molar-refractivity contribution in [2.75, 3.05) is 20.3 Å². The number of rotatable bonds is 12. The molecule has 0 aromatic heterocycles. The molecule has 2 aliphatic heterocycles. The Bertz CT molecular complexity index is 2210. The van der Waals surface area contributed by atoms with Crippen LogP contribution in [0.1, 0.15) is 150 Å². The fourth-order valence-corrected chi connectivity index (χ4v) is 8.73. The summed E-state index contributed by atoms with van der Waals surface area (Å²) in [5, 5.41) is 23.4. The molecule has 0 bridgehead atoms. The van der Waals surface area contributed by atoms with Crippen LogP contribution in [0.4, 0.5) is 0 Å². The molecular weight excluding hydrogens is 729 g/mol. The van der Waals surface area contributed by atoms with E-state index in [1.807, 2.05) is 76.2 Å². The topological polar surface area (TPSA) is 124 Å². The molecule has 0 saturated carbocycles. The highest BCUT2D eigenvalue weighted by atomic mass is 16.5. The minimum Gasteiger partial charge on any atom is -0.394 e. The SMILES string of the molecule is CC(C)CC(C)O.CCC(C)(C)CCC(C)(C)N1C(=O)c2ccc3c4ccc5c6c(ccc(c7ccc(c2c37)C1=O)c64)C(=O)N(C(C)CC(C)C)C5=O.COCCO. The molecule has 4 amide bonds. The molecule has 9 nitrogen and oxygen atoms in total. The molecule has 5 aromatic rings. The van der Waals surface area contributed by atoms with Crippen LogP contribution in [-0.2, 0) is 4.74 Å². The normalized spacial score (nSPS) is 15.5. The highest BCUT2D eigenvalue weighted by molar-refractivity contribution is 6.41. The van der Waals surface area contributed by atoms with Gasteiger partial charge < -0.3 is 14.9 Å². The van der Waals surface area contributed by atoms with Gasteiger partial charge in [0.15, 0.2) is 0 Å². The zero-order chi connectivity index (χ0) is 43.0. The number of carbonyl (C=O) groups is 4. The second-order valence-corrected chi connectivity index (χ2v) is 18.6. The second kappa shape index (κ2) is 17.4. The molecule has 0 aliphatic carbocycles. The lowest BCUT2D eigenvalue weighted by atomic mass is 9.79.